The quantitative estimate of drug-likeness (QED) is 0.688. The van der Waals surface area contributed by atoms with Crippen LogP contribution in [0, 0.1) is 12.8 Å². The molecule has 156 valence electrons. The molecule has 0 fully saturated rings. The third-order valence-corrected chi connectivity index (χ3v) is 4.91. The molecule has 1 atom stereocenters. The number of anilines is 1. The lowest BCUT2D eigenvalue weighted by Crippen LogP contribution is -2.47. The number of aryl methyl sites for hydroxylation is 1. The molecule has 1 heterocycles. The summed E-state index contributed by atoms with van der Waals surface area (Å²) < 4.78 is 0. The van der Waals surface area contributed by atoms with Crippen molar-refractivity contribution in [3.63, 3.8) is 0 Å². The monoisotopic (exact) mass is 406 g/mol. The van der Waals surface area contributed by atoms with Crippen LogP contribution in [0.25, 0.3) is 0 Å². The molecule has 3 N–H and O–H groups in total. The van der Waals surface area contributed by atoms with Crippen molar-refractivity contribution in [2.24, 2.45) is 11.0 Å². The van der Waals surface area contributed by atoms with Gasteiger partial charge in [0.25, 0.3) is 5.91 Å². The molecule has 0 bridgehead atoms. The molecule has 1 aliphatic rings. The standard InChI is InChI=1S/C23H26N4O3/c1-14(2)21(25-22(29)17-6-4-5-15(3)13-17)23(30)24-18-9-7-16(8-10-18)19-11-12-20(28)27-26-19/h4-10,13-14,21H,11-12H2,1-3H3,(H,24,30)(H,25,29)(H,27,28)/t21-/m0/s1. The van der Waals surface area contributed by atoms with Crippen molar-refractivity contribution < 1.29 is 14.4 Å². The lowest BCUT2D eigenvalue weighted by molar-refractivity contribution is -0.121. The van der Waals surface area contributed by atoms with Gasteiger partial charge in [0.15, 0.2) is 0 Å². The maximum absolute atomic E-state index is 12.8. The zero-order valence-corrected chi connectivity index (χ0v) is 17.4. The summed E-state index contributed by atoms with van der Waals surface area (Å²) in [6, 6.07) is 13.8. The Balaban J connectivity index is 1.66. The minimum Gasteiger partial charge on any atom is -0.340 e. The molecule has 3 amide bonds. The molecule has 2 aromatic carbocycles. The largest absolute Gasteiger partial charge is 0.340 e. The van der Waals surface area contributed by atoms with Crippen LogP contribution in [0.4, 0.5) is 5.69 Å². The van der Waals surface area contributed by atoms with E-state index in [1.165, 1.54) is 0 Å². The number of rotatable bonds is 6. The molecule has 0 saturated carbocycles. The SMILES string of the molecule is Cc1cccc(C(=O)N[C@H](C(=O)Nc2ccc(C3=NNC(=O)CC3)cc2)C(C)C)c1. The number of hydrazone groups is 1. The molecule has 3 rings (SSSR count). The Hall–Kier alpha value is -3.48. The van der Waals surface area contributed by atoms with Crippen LogP contribution in [0.3, 0.4) is 0 Å². The van der Waals surface area contributed by atoms with Crippen molar-refractivity contribution in [1.82, 2.24) is 10.7 Å². The first-order valence-electron chi connectivity index (χ1n) is 9.97. The average molecular weight is 406 g/mol. The van der Waals surface area contributed by atoms with E-state index >= 15 is 0 Å². The van der Waals surface area contributed by atoms with E-state index in [1.807, 2.05) is 45.0 Å². The fourth-order valence-corrected chi connectivity index (χ4v) is 3.19. The van der Waals surface area contributed by atoms with Crippen molar-refractivity contribution in [2.45, 2.75) is 39.7 Å². The van der Waals surface area contributed by atoms with Gasteiger partial charge < -0.3 is 10.6 Å². The first kappa shape index (κ1) is 21.2. The van der Waals surface area contributed by atoms with Gasteiger partial charge in [-0.15, -0.1) is 0 Å². The fourth-order valence-electron chi connectivity index (χ4n) is 3.19. The number of amides is 3. The molecule has 0 saturated heterocycles. The summed E-state index contributed by atoms with van der Waals surface area (Å²) in [5.41, 5.74) is 6.31. The molecular formula is C23H26N4O3. The number of nitrogens with zero attached hydrogens (tertiary/aromatic N) is 1. The second kappa shape index (κ2) is 9.35. The highest BCUT2D eigenvalue weighted by molar-refractivity contribution is 6.05. The smallest absolute Gasteiger partial charge is 0.251 e. The van der Waals surface area contributed by atoms with Gasteiger partial charge in [-0.2, -0.15) is 5.10 Å². The number of carbonyl (C=O) groups is 3. The van der Waals surface area contributed by atoms with Crippen molar-refractivity contribution in [3.05, 3.63) is 65.2 Å². The second-order valence-electron chi connectivity index (χ2n) is 7.72. The third-order valence-electron chi connectivity index (χ3n) is 4.91. The van der Waals surface area contributed by atoms with Gasteiger partial charge in [0, 0.05) is 24.1 Å². The minimum atomic E-state index is -0.671. The van der Waals surface area contributed by atoms with E-state index in [1.54, 1.807) is 24.3 Å². The van der Waals surface area contributed by atoms with E-state index in [0.29, 0.717) is 24.1 Å². The van der Waals surface area contributed by atoms with Crippen LogP contribution in [-0.4, -0.2) is 29.5 Å². The molecular weight excluding hydrogens is 380 g/mol. The van der Waals surface area contributed by atoms with E-state index in [4.69, 9.17) is 0 Å². The third kappa shape index (κ3) is 5.31. The molecule has 2 aromatic rings. The molecule has 0 spiro atoms. The Morgan fingerprint density at radius 2 is 1.80 bits per heavy atom. The van der Waals surface area contributed by atoms with Crippen LogP contribution >= 0.6 is 0 Å². The summed E-state index contributed by atoms with van der Waals surface area (Å²) in [6.45, 7) is 5.69. The Morgan fingerprint density at radius 1 is 1.07 bits per heavy atom. The second-order valence-corrected chi connectivity index (χ2v) is 7.72. The van der Waals surface area contributed by atoms with Gasteiger partial charge in [0.1, 0.15) is 6.04 Å². The maximum Gasteiger partial charge on any atom is 0.251 e. The molecule has 30 heavy (non-hydrogen) atoms. The van der Waals surface area contributed by atoms with Crippen LogP contribution in [0.15, 0.2) is 53.6 Å². The van der Waals surface area contributed by atoms with Crippen molar-refractivity contribution in [2.75, 3.05) is 5.32 Å². The number of nitrogens with one attached hydrogen (secondary N) is 3. The first-order valence-corrected chi connectivity index (χ1v) is 9.97. The van der Waals surface area contributed by atoms with Crippen LogP contribution in [0.2, 0.25) is 0 Å². The van der Waals surface area contributed by atoms with E-state index in [9.17, 15) is 14.4 Å². The van der Waals surface area contributed by atoms with E-state index < -0.39 is 6.04 Å². The summed E-state index contributed by atoms with van der Waals surface area (Å²) in [7, 11) is 0. The van der Waals surface area contributed by atoms with Crippen LogP contribution in [0.1, 0.15) is 48.2 Å². The summed E-state index contributed by atoms with van der Waals surface area (Å²) in [4.78, 5) is 36.6. The average Bonchev–Trinajstić information content (AvgIpc) is 2.72. The molecule has 0 aromatic heterocycles. The summed E-state index contributed by atoms with van der Waals surface area (Å²) in [5, 5.41) is 9.78. The molecule has 0 radical (unpaired) electrons. The number of carbonyl (C=O) groups excluding carboxylic acids is 3. The van der Waals surface area contributed by atoms with Crippen LogP contribution < -0.4 is 16.1 Å². The number of hydrogen-bond acceptors (Lipinski definition) is 4. The Morgan fingerprint density at radius 3 is 2.40 bits per heavy atom. The topological polar surface area (TPSA) is 99.7 Å². The first-order chi connectivity index (χ1) is 14.3. The molecule has 0 unspecified atom stereocenters. The Bertz CT molecular complexity index is 980. The van der Waals surface area contributed by atoms with Crippen molar-refractivity contribution in [3.8, 4) is 0 Å². The molecule has 7 nitrogen and oxygen atoms in total. The highest BCUT2D eigenvalue weighted by Gasteiger charge is 2.25. The Labute approximate surface area is 175 Å². The number of benzene rings is 2. The highest BCUT2D eigenvalue weighted by Crippen LogP contribution is 2.16. The summed E-state index contributed by atoms with van der Waals surface area (Å²) >= 11 is 0. The van der Waals surface area contributed by atoms with E-state index in [2.05, 4.69) is 21.2 Å². The fraction of sp³-hybridized carbons (Fsp3) is 0.304. The van der Waals surface area contributed by atoms with Crippen molar-refractivity contribution in [1.29, 1.82) is 0 Å². The Kier molecular flexibility index (Phi) is 6.61. The van der Waals surface area contributed by atoms with Crippen LogP contribution in [0.5, 0.6) is 0 Å². The predicted octanol–water partition coefficient (Wildman–Crippen LogP) is 3.00. The van der Waals surface area contributed by atoms with Gasteiger partial charge in [0.05, 0.1) is 5.71 Å². The van der Waals surface area contributed by atoms with Crippen molar-refractivity contribution >= 4 is 29.1 Å². The van der Waals surface area contributed by atoms with E-state index in [-0.39, 0.29) is 23.6 Å². The van der Waals surface area contributed by atoms with Gasteiger partial charge >= 0.3 is 0 Å². The molecule has 0 aliphatic carbocycles. The van der Waals surface area contributed by atoms with Gasteiger partial charge in [0.2, 0.25) is 11.8 Å². The lowest BCUT2D eigenvalue weighted by atomic mass is 10.0. The van der Waals surface area contributed by atoms with E-state index in [0.717, 1.165) is 16.8 Å². The zero-order valence-electron chi connectivity index (χ0n) is 17.4. The maximum atomic E-state index is 12.8. The molecule has 7 heteroatoms. The lowest BCUT2D eigenvalue weighted by Gasteiger charge is -2.22. The highest BCUT2D eigenvalue weighted by atomic mass is 16.2. The van der Waals surface area contributed by atoms with Gasteiger partial charge in [-0.05, 0) is 42.7 Å². The van der Waals surface area contributed by atoms with Crippen LogP contribution in [-0.2, 0) is 9.59 Å². The van der Waals surface area contributed by atoms with Gasteiger partial charge in [-0.25, -0.2) is 5.43 Å². The van der Waals surface area contributed by atoms with Gasteiger partial charge in [-0.3, -0.25) is 14.4 Å². The molecule has 1 aliphatic heterocycles. The number of hydrogen-bond donors (Lipinski definition) is 3. The summed E-state index contributed by atoms with van der Waals surface area (Å²) in [6.07, 6.45) is 0.992. The summed E-state index contributed by atoms with van der Waals surface area (Å²) in [5.74, 6) is -0.727. The zero-order chi connectivity index (χ0) is 21.7. The predicted molar refractivity (Wildman–Crippen MR) is 116 cm³/mol. The minimum absolute atomic E-state index is 0.0850. The normalized spacial score (nSPS) is 14.5. The van der Waals surface area contributed by atoms with Gasteiger partial charge in [-0.1, -0.05) is 43.7 Å².